The van der Waals surface area contributed by atoms with E-state index in [-0.39, 0.29) is 29.0 Å². The summed E-state index contributed by atoms with van der Waals surface area (Å²) in [7, 11) is 2.72. The van der Waals surface area contributed by atoms with Gasteiger partial charge in [-0.3, -0.25) is 14.4 Å². The minimum Gasteiger partial charge on any atom is -0.489 e. The average Bonchev–Trinajstić information content (AvgIpc) is 2.93. The van der Waals surface area contributed by atoms with Crippen LogP contribution in [0.15, 0.2) is 46.9 Å². The van der Waals surface area contributed by atoms with Crippen LogP contribution in [0.1, 0.15) is 64.0 Å². The molecule has 0 saturated carbocycles. The summed E-state index contributed by atoms with van der Waals surface area (Å²) in [4.78, 5) is 42.9. The summed E-state index contributed by atoms with van der Waals surface area (Å²) in [5, 5.41) is 0. The minimum absolute atomic E-state index is 0.0443. The molecule has 7 heteroatoms. The van der Waals surface area contributed by atoms with Crippen LogP contribution in [0.4, 0.5) is 0 Å². The highest BCUT2D eigenvalue weighted by atomic mass is 16.5. The van der Waals surface area contributed by atoms with Gasteiger partial charge in [0.2, 0.25) is 29.0 Å². The van der Waals surface area contributed by atoms with Crippen LogP contribution in [0.3, 0.4) is 0 Å². The maximum Gasteiger partial charge on any atom is 0.228 e. The zero-order valence-electron chi connectivity index (χ0n) is 23.1. The number of rotatable bonds is 12. The number of nitrogens with zero attached hydrogens (tertiary/aromatic N) is 2. The van der Waals surface area contributed by atoms with Gasteiger partial charge in [-0.15, -0.1) is 0 Å². The summed E-state index contributed by atoms with van der Waals surface area (Å²) in [6, 6.07) is 8.51. The number of methoxy groups -OCH3 is 2. The maximum absolute atomic E-state index is 12.9. The summed E-state index contributed by atoms with van der Waals surface area (Å²) in [5.41, 5.74) is 2.81. The van der Waals surface area contributed by atoms with E-state index in [0.29, 0.717) is 36.5 Å². The van der Waals surface area contributed by atoms with E-state index in [1.165, 1.54) is 27.1 Å². The van der Waals surface area contributed by atoms with Crippen molar-refractivity contribution in [3.05, 3.63) is 58.1 Å². The van der Waals surface area contributed by atoms with E-state index in [1.54, 1.807) is 6.92 Å². The first kappa shape index (κ1) is 28.6. The molecule has 1 aliphatic carbocycles. The van der Waals surface area contributed by atoms with Gasteiger partial charge in [-0.25, -0.2) is 0 Å². The molecule has 0 aromatic heterocycles. The number of carbonyl (C=O) groups excluding carboxylic acids is 3. The highest BCUT2D eigenvalue weighted by molar-refractivity contribution is 6.23. The Kier molecular flexibility index (Phi) is 10.5. The molecule has 1 saturated heterocycles. The highest BCUT2D eigenvalue weighted by Crippen LogP contribution is 2.28. The number of benzene rings is 1. The van der Waals surface area contributed by atoms with Crippen LogP contribution >= 0.6 is 0 Å². The molecule has 202 valence electrons. The van der Waals surface area contributed by atoms with Crippen molar-refractivity contribution in [1.82, 2.24) is 9.80 Å². The second-order valence-electron chi connectivity index (χ2n) is 9.92. The molecule has 2 aliphatic rings. The van der Waals surface area contributed by atoms with Gasteiger partial charge in [-0.1, -0.05) is 44.5 Å². The zero-order valence-corrected chi connectivity index (χ0v) is 23.1. The molecule has 1 aromatic rings. The average molecular weight is 511 g/mol. The van der Waals surface area contributed by atoms with Gasteiger partial charge < -0.3 is 19.3 Å². The third-order valence-electron chi connectivity index (χ3n) is 7.66. The Bertz CT molecular complexity index is 1030. The summed E-state index contributed by atoms with van der Waals surface area (Å²) in [6.07, 6.45) is 6.07. The summed E-state index contributed by atoms with van der Waals surface area (Å²) in [6.45, 7) is 10.0. The van der Waals surface area contributed by atoms with E-state index in [0.717, 1.165) is 50.1 Å². The monoisotopic (exact) mass is 510 g/mol. The first-order valence-corrected chi connectivity index (χ1v) is 13.6. The number of carbonyl (C=O) groups is 3. The zero-order chi connectivity index (χ0) is 26.9. The lowest BCUT2D eigenvalue weighted by Gasteiger charge is -2.38. The SMILES string of the molecule is CCCCN(CC)C1CCN(C(=O)CCc2ccc(CC3=C(C)C(=O)C(OC)=C(OC)C3=O)cc2)CC1. The molecule has 37 heavy (non-hydrogen) atoms. The largest absolute Gasteiger partial charge is 0.489 e. The molecule has 1 fully saturated rings. The number of likely N-dealkylation sites (tertiary alicyclic amines) is 1. The molecule has 0 radical (unpaired) electrons. The van der Waals surface area contributed by atoms with Gasteiger partial charge in [-0.2, -0.15) is 0 Å². The second-order valence-corrected chi connectivity index (χ2v) is 9.92. The van der Waals surface area contributed by atoms with Crippen LogP contribution < -0.4 is 0 Å². The van der Waals surface area contributed by atoms with E-state index in [2.05, 4.69) is 18.7 Å². The van der Waals surface area contributed by atoms with Crippen molar-refractivity contribution in [3.63, 3.8) is 0 Å². The topological polar surface area (TPSA) is 76.2 Å². The summed E-state index contributed by atoms with van der Waals surface area (Å²) in [5.74, 6) is -0.509. The van der Waals surface area contributed by atoms with Crippen LogP contribution in [0, 0.1) is 0 Å². The number of amides is 1. The van der Waals surface area contributed by atoms with E-state index in [4.69, 9.17) is 9.47 Å². The predicted octanol–water partition coefficient (Wildman–Crippen LogP) is 4.25. The van der Waals surface area contributed by atoms with Crippen LogP contribution in [0.25, 0.3) is 0 Å². The van der Waals surface area contributed by atoms with Crippen molar-refractivity contribution in [3.8, 4) is 0 Å². The quantitative estimate of drug-likeness (QED) is 0.392. The fourth-order valence-corrected chi connectivity index (χ4v) is 5.28. The lowest BCUT2D eigenvalue weighted by molar-refractivity contribution is -0.132. The van der Waals surface area contributed by atoms with Gasteiger partial charge in [0.1, 0.15) is 0 Å². The third kappa shape index (κ3) is 6.89. The molecule has 0 N–H and O–H groups in total. The Labute approximate surface area is 221 Å². The van der Waals surface area contributed by atoms with Crippen molar-refractivity contribution in [2.75, 3.05) is 40.4 Å². The molecule has 0 spiro atoms. The van der Waals surface area contributed by atoms with E-state index >= 15 is 0 Å². The molecule has 0 bridgehead atoms. The Morgan fingerprint density at radius 1 is 0.973 bits per heavy atom. The highest BCUT2D eigenvalue weighted by Gasteiger charge is 2.34. The van der Waals surface area contributed by atoms with Crippen molar-refractivity contribution in [2.45, 2.75) is 71.8 Å². The number of hydrogen-bond donors (Lipinski definition) is 0. The van der Waals surface area contributed by atoms with Gasteiger partial charge in [0.05, 0.1) is 14.2 Å². The number of ketones is 2. The number of allylic oxidation sites excluding steroid dienone is 2. The standard InChI is InChI=1S/C30H42N2O5/c1-6-8-17-31(7-2)24-15-18-32(19-16-24)26(33)14-13-22-9-11-23(12-10-22)20-25-21(3)27(34)29(36-4)30(37-5)28(25)35/h9-12,24H,6-8,13-20H2,1-5H3. The normalized spacial score (nSPS) is 17.2. The third-order valence-corrected chi connectivity index (χ3v) is 7.66. The number of hydrogen-bond acceptors (Lipinski definition) is 6. The Morgan fingerprint density at radius 3 is 2.14 bits per heavy atom. The lowest BCUT2D eigenvalue weighted by Crippen LogP contribution is -2.47. The van der Waals surface area contributed by atoms with Crippen LogP contribution in [-0.2, 0) is 36.7 Å². The Balaban J connectivity index is 1.52. The molecular weight excluding hydrogens is 468 g/mol. The van der Waals surface area contributed by atoms with Gasteiger partial charge in [0, 0.05) is 43.1 Å². The molecule has 1 amide bonds. The molecule has 1 aliphatic heterocycles. The van der Waals surface area contributed by atoms with Gasteiger partial charge in [0.15, 0.2) is 0 Å². The van der Waals surface area contributed by atoms with Crippen LogP contribution in [0.2, 0.25) is 0 Å². The fraction of sp³-hybridized carbons (Fsp3) is 0.567. The Morgan fingerprint density at radius 2 is 1.57 bits per heavy atom. The molecule has 7 nitrogen and oxygen atoms in total. The second kappa shape index (κ2) is 13.6. The predicted molar refractivity (Wildman–Crippen MR) is 144 cm³/mol. The molecule has 1 aromatic carbocycles. The lowest BCUT2D eigenvalue weighted by atomic mass is 9.88. The van der Waals surface area contributed by atoms with Crippen LogP contribution in [-0.4, -0.2) is 73.7 Å². The fourth-order valence-electron chi connectivity index (χ4n) is 5.28. The number of unbranched alkanes of at least 4 members (excludes halogenated alkanes) is 1. The van der Waals surface area contributed by atoms with Gasteiger partial charge in [0.25, 0.3) is 0 Å². The summed E-state index contributed by atoms with van der Waals surface area (Å²) >= 11 is 0. The van der Waals surface area contributed by atoms with E-state index < -0.39 is 0 Å². The Hall–Kier alpha value is -2.93. The summed E-state index contributed by atoms with van der Waals surface area (Å²) < 4.78 is 10.3. The number of piperidine rings is 1. The molecule has 3 rings (SSSR count). The number of aryl methyl sites for hydroxylation is 1. The van der Waals surface area contributed by atoms with Gasteiger partial charge in [-0.05, 0) is 56.8 Å². The van der Waals surface area contributed by atoms with Crippen molar-refractivity contribution in [1.29, 1.82) is 0 Å². The first-order chi connectivity index (χ1) is 17.8. The van der Waals surface area contributed by atoms with Crippen LogP contribution in [0.5, 0.6) is 0 Å². The van der Waals surface area contributed by atoms with E-state index in [9.17, 15) is 14.4 Å². The van der Waals surface area contributed by atoms with Crippen molar-refractivity contribution >= 4 is 17.5 Å². The van der Waals surface area contributed by atoms with E-state index in [1.807, 2.05) is 29.2 Å². The first-order valence-electron chi connectivity index (χ1n) is 13.6. The molecular formula is C30H42N2O5. The van der Waals surface area contributed by atoms with Crippen molar-refractivity contribution < 1.29 is 23.9 Å². The molecule has 1 heterocycles. The minimum atomic E-state index is -0.323. The smallest absolute Gasteiger partial charge is 0.228 e. The van der Waals surface area contributed by atoms with Gasteiger partial charge >= 0.3 is 0 Å². The maximum atomic E-state index is 12.9. The number of ether oxygens (including phenoxy) is 2. The number of Topliss-reactive ketones (excluding diaryl/α,β-unsaturated/α-hetero) is 2. The molecule has 0 atom stereocenters. The van der Waals surface area contributed by atoms with Crippen molar-refractivity contribution in [2.24, 2.45) is 0 Å². The molecule has 0 unspecified atom stereocenters.